The molecular weight excluding hydrogens is 524 g/mol. The van der Waals surface area contributed by atoms with Gasteiger partial charge in [-0.1, -0.05) is 78.9 Å². The summed E-state index contributed by atoms with van der Waals surface area (Å²) in [5.41, 5.74) is 2.02. The van der Waals surface area contributed by atoms with Gasteiger partial charge in [-0.05, 0) is 49.0 Å². The average molecular weight is 555 g/mol. The van der Waals surface area contributed by atoms with Crippen molar-refractivity contribution in [3.8, 4) is 0 Å². The van der Waals surface area contributed by atoms with Gasteiger partial charge >= 0.3 is 17.9 Å². The Morgan fingerprint density at radius 1 is 0.780 bits per heavy atom. The topological polar surface area (TPSA) is 108 Å². The molecule has 41 heavy (non-hydrogen) atoms. The summed E-state index contributed by atoms with van der Waals surface area (Å²) in [6.45, 7) is 3.10. The Labute approximate surface area is 237 Å². The molecule has 2 aliphatic heterocycles. The molecule has 0 aromatic heterocycles. The maximum absolute atomic E-state index is 12.9. The quantitative estimate of drug-likeness (QED) is 0.198. The van der Waals surface area contributed by atoms with Crippen LogP contribution in [0.15, 0.2) is 119 Å². The lowest BCUT2D eigenvalue weighted by Crippen LogP contribution is -2.45. The maximum atomic E-state index is 12.9. The number of allylic oxidation sites excluding steroid dienone is 8. The minimum atomic E-state index is -1.50. The highest BCUT2D eigenvalue weighted by molar-refractivity contribution is 6.16. The number of cyclic esters (lactones) is 3. The Hall–Kier alpha value is -4.85. The molecule has 0 saturated carbocycles. The van der Waals surface area contributed by atoms with Crippen LogP contribution in [0.5, 0.6) is 0 Å². The van der Waals surface area contributed by atoms with Crippen LogP contribution in [-0.4, -0.2) is 34.6 Å². The van der Waals surface area contributed by atoms with E-state index < -0.39 is 35.4 Å². The Morgan fingerprint density at radius 3 is 1.88 bits per heavy atom. The van der Waals surface area contributed by atoms with Crippen LogP contribution in [0.3, 0.4) is 0 Å². The van der Waals surface area contributed by atoms with Crippen LogP contribution in [0.25, 0.3) is 5.57 Å². The molecule has 5 rings (SSSR count). The summed E-state index contributed by atoms with van der Waals surface area (Å²) in [5, 5.41) is 10.6. The molecule has 8 heteroatoms. The van der Waals surface area contributed by atoms with Crippen molar-refractivity contribution in [2.75, 3.05) is 0 Å². The van der Waals surface area contributed by atoms with Crippen LogP contribution in [-0.2, 0) is 33.3 Å². The molecule has 1 unspecified atom stereocenters. The highest BCUT2D eigenvalue weighted by atomic mass is 16.8. The number of carbonyl (C=O) groups is 3. The second kappa shape index (κ2) is 11.3. The number of esters is 3. The monoisotopic (exact) mass is 554 g/mol. The van der Waals surface area contributed by atoms with E-state index in [9.17, 15) is 19.5 Å². The van der Waals surface area contributed by atoms with Gasteiger partial charge in [0.1, 0.15) is 11.1 Å². The van der Waals surface area contributed by atoms with E-state index in [1.165, 1.54) is 25.2 Å². The van der Waals surface area contributed by atoms with E-state index in [0.717, 1.165) is 25.7 Å². The number of aliphatic hydroxyl groups excluding tert-OH is 1. The zero-order chi connectivity index (χ0) is 29.0. The van der Waals surface area contributed by atoms with Gasteiger partial charge in [0.05, 0.1) is 0 Å². The van der Waals surface area contributed by atoms with E-state index >= 15 is 0 Å². The molecule has 0 bridgehead atoms. The number of hydrogen-bond acceptors (Lipinski definition) is 8. The lowest BCUT2D eigenvalue weighted by Gasteiger charge is -2.35. The van der Waals surface area contributed by atoms with Gasteiger partial charge in [0.15, 0.2) is 0 Å². The number of hydrogen-bond donors (Lipinski definition) is 1. The predicted molar refractivity (Wildman–Crippen MR) is 150 cm³/mol. The first kappa shape index (κ1) is 27.7. The van der Waals surface area contributed by atoms with Crippen LogP contribution in [0.2, 0.25) is 0 Å². The van der Waals surface area contributed by atoms with Crippen LogP contribution in [0.4, 0.5) is 0 Å². The third-order valence-corrected chi connectivity index (χ3v) is 7.05. The third kappa shape index (κ3) is 5.87. The smallest absolute Gasteiger partial charge is 0.349 e. The zero-order valence-corrected chi connectivity index (χ0v) is 22.8. The van der Waals surface area contributed by atoms with Crippen molar-refractivity contribution in [1.29, 1.82) is 0 Å². The molecule has 2 aliphatic carbocycles. The zero-order valence-electron chi connectivity index (χ0n) is 22.8. The minimum absolute atomic E-state index is 0.182. The van der Waals surface area contributed by atoms with Gasteiger partial charge in [-0.15, -0.1) is 0 Å². The van der Waals surface area contributed by atoms with Gasteiger partial charge in [-0.25, -0.2) is 14.4 Å². The molecule has 0 radical (unpaired) electrons. The number of carbonyl (C=O) groups excluding carboxylic acids is 3. The largest absolute Gasteiger partial charge is 0.480 e. The fourth-order valence-corrected chi connectivity index (χ4v) is 4.78. The Kier molecular flexibility index (Phi) is 7.66. The molecule has 1 fully saturated rings. The molecule has 1 atom stereocenters. The lowest BCUT2D eigenvalue weighted by molar-refractivity contribution is -0.215. The van der Waals surface area contributed by atoms with E-state index in [1.807, 2.05) is 54.6 Å². The Balaban J connectivity index is 1.42. The van der Waals surface area contributed by atoms with Gasteiger partial charge < -0.3 is 24.1 Å². The maximum Gasteiger partial charge on any atom is 0.349 e. The van der Waals surface area contributed by atoms with E-state index in [0.29, 0.717) is 22.3 Å². The molecule has 210 valence electrons. The third-order valence-electron chi connectivity index (χ3n) is 7.05. The summed E-state index contributed by atoms with van der Waals surface area (Å²) in [5.74, 6) is -5.91. The van der Waals surface area contributed by atoms with Gasteiger partial charge in [0, 0.05) is 25.0 Å². The van der Waals surface area contributed by atoms with Crippen LogP contribution < -0.4 is 0 Å². The van der Waals surface area contributed by atoms with Crippen molar-refractivity contribution >= 4 is 23.5 Å². The summed E-state index contributed by atoms with van der Waals surface area (Å²) in [6, 6.07) is 9.10. The minimum Gasteiger partial charge on any atom is -0.480 e. The lowest BCUT2D eigenvalue weighted by atomic mass is 9.98. The van der Waals surface area contributed by atoms with Crippen LogP contribution >= 0.6 is 0 Å². The van der Waals surface area contributed by atoms with Crippen molar-refractivity contribution in [2.45, 2.75) is 51.1 Å². The standard InChI is InChI=1S/C33H30O8/c1-32(24-14-8-4-9-15-24)38-28(34)26(29(35)39-32)20-18-23(22-12-6-3-7-13-22)19-21-27-30(36)40-33(2,41-31(27)37)25-16-10-5-11-17-25/h3,6-8,10,12-21,34H,4-5,9,11H2,1-2H3/b20-18+,23-19-,27-21?. The van der Waals surface area contributed by atoms with Crippen LogP contribution in [0.1, 0.15) is 45.1 Å². The van der Waals surface area contributed by atoms with Gasteiger partial charge in [-0.3, -0.25) is 0 Å². The Morgan fingerprint density at radius 2 is 1.34 bits per heavy atom. The van der Waals surface area contributed by atoms with E-state index in [-0.39, 0.29) is 11.1 Å². The van der Waals surface area contributed by atoms with E-state index in [2.05, 4.69) is 0 Å². The van der Waals surface area contributed by atoms with Crippen molar-refractivity contribution < 1.29 is 38.4 Å². The molecule has 1 aromatic rings. The van der Waals surface area contributed by atoms with Crippen LogP contribution in [0, 0.1) is 0 Å². The summed E-state index contributed by atoms with van der Waals surface area (Å²) in [7, 11) is 0. The molecular formula is C33H30O8. The number of rotatable bonds is 6. The van der Waals surface area contributed by atoms with Crippen molar-refractivity contribution in [3.05, 3.63) is 125 Å². The molecule has 1 N–H and O–H groups in total. The molecule has 4 aliphatic rings. The molecule has 0 spiro atoms. The van der Waals surface area contributed by atoms with Crippen molar-refractivity contribution in [3.63, 3.8) is 0 Å². The summed E-state index contributed by atoms with van der Waals surface area (Å²) < 4.78 is 22.3. The molecule has 1 saturated heterocycles. The van der Waals surface area contributed by atoms with Gasteiger partial charge in [-0.2, -0.15) is 0 Å². The van der Waals surface area contributed by atoms with E-state index in [4.69, 9.17) is 18.9 Å². The molecule has 1 aromatic carbocycles. The molecule has 8 nitrogen and oxygen atoms in total. The Bertz CT molecular complexity index is 1490. The fraction of sp³-hybridized carbons (Fsp3) is 0.242. The highest BCUT2D eigenvalue weighted by Gasteiger charge is 2.45. The number of aliphatic hydroxyl groups is 1. The normalized spacial score (nSPS) is 26.6. The fourth-order valence-electron chi connectivity index (χ4n) is 4.78. The number of ether oxygens (including phenoxy) is 4. The summed E-state index contributed by atoms with van der Waals surface area (Å²) in [6.07, 6.45) is 20.3. The van der Waals surface area contributed by atoms with Crippen molar-refractivity contribution in [2.24, 2.45) is 0 Å². The first-order valence-electron chi connectivity index (χ1n) is 13.4. The SMILES string of the molecule is CC1(C2=CCCC=C2)OC(=O)C(=C/C=C(/C=C/C2=C(O)OC(C)(C3=CCCC=C3)OC2=O)c2ccccc2)C(=O)O1. The van der Waals surface area contributed by atoms with E-state index in [1.54, 1.807) is 25.2 Å². The molecule has 0 amide bonds. The number of benzene rings is 1. The second-order valence-electron chi connectivity index (χ2n) is 10.1. The average Bonchev–Trinajstić information content (AvgIpc) is 2.96. The highest BCUT2D eigenvalue weighted by Crippen LogP contribution is 2.36. The summed E-state index contributed by atoms with van der Waals surface area (Å²) in [4.78, 5) is 38.7. The first-order valence-corrected chi connectivity index (χ1v) is 13.4. The van der Waals surface area contributed by atoms with Gasteiger partial charge in [0.25, 0.3) is 17.5 Å². The van der Waals surface area contributed by atoms with Gasteiger partial charge in [0.2, 0.25) is 0 Å². The van der Waals surface area contributed by atoms with Crippen molar-refractivity contribution in [1.82, 2.24) is 0 Å². The summed E-state index contributed by atoms with van der Waals surface area (Å²) >= 11 is 0. The predicted octanol–water partition coefficient (Wildman–Crippen LogP) is 5.98. The second-order valence-corrected chi connectivity index (χ2v) is 10.1. The molecule has 2 heterocycles. The first-order chi connectivity index (χ1) is 19.7.